The summed E-state index contributed by atoms with van der Waals surface area (Å²) in [6.45, 7) is 0.351. The Morgan fingerprint density at radius 1 is 1.31 bits per heavy atom. The lowest BCUT2D eigenvalue weighted by Gasteiger charge is -2.09. The fourth-order valence-electron chi connectivity index (χ4n) is 1.63. The van der Waals surface area contributed by atoms with Crippen LogP contribution in [-0.4, -0.2) is 21.8 Å². The van der Waals surface area contributed by atoms with Crippen LogP contribution >= 0.6 is 0 Å². The third kappa shape index (κ3) is 1.98. The highest BCUT2D eigenvalue weighted by atomic mass is 16.5. The molecule has 0 spiro atoms. The average molecular weight is 218 g/mol. The first-order chi connectivity index (χ1) is 7.86. The van der Waals surface area contributed by atoms with E-state index in [4.69, 9.17) is 4.74 Å². The van der Waals surface area contributed by atoms with E-state index in [1.54, 1.807) is 13.3 Å². The number of hydrogen-bond acceptors (Lipinski definition) is 3. The summed E-state index contributed by atoms with van der Waals surface area (Å²) < 4.78 is 6.96. The predicted molar refractivity (Wildman–Crippen MR) is 60.6 cm³/mol. The largest absolute Gasteiger partial charge is 0.390 e. The molecule has 0 fully saturated rings. The van der Waals surface area contributed by atoms with Crippen LogP contribution in [0, 0.1) is 0 Å². The van der Waals surface area contributed by atoms with E-state index >= 15 is 0 Å². The molecule has 1 aromatic heterocycles. The molecule has 0 unspecified atom stereocenters. The topological polar surface area (TPSA) is 47.3 Å². The van der Waals surface area contributed by atoms with Crippen molar-refractivity contribution in [1.82, 2.24) is 9.55 Å². The van der Waals surface area contributed by atoms with Gasteiger partial charge in [-0.1, -0.05) is 30.3 Å². The SMILES string of the molecule is COCn1c(CO)cnc1-c1ccccc1. The smallest absolute Gasteiger partial charge is 0.142 e. The number of methoxy groups -OCH3 is 1. The fourth-order valence-corrected chi connectivity index (χ4v) is 1.63. The number of aliphatic hydroxyl groups excluding tert-OH is 1. The third-order valence-corrected chi connectivity index (χ3v) is 2.39. The molecule has 1 heterocycles. The zero-order valence-electron chi connectivity index (χ0n) is 9.13. The van der Waals surface area contributed by atoms with Gasteiger partial charge in [0.2, 0.25) is 0 Å². The molecular formula is C12H14N2O2. The van der Waals surface area contributed by atoms with Gasteiger partial charge < -0.3 is 14.4 Å². The summed E-state index contributed by atoms with van der Waals surface area (Å²) in [5.74, 6) is 0.812. The summed E-state index contributed by atoms with van der Waals surface area (Å²) in [6, 6.07) is 9.84. The Balaban J connectivity index is 2.44. The van der Waals surface area contributed by atoms with Crippen LogP contribution in [0.2, 0.25) is 0 Å². The second-order valence-electron chi connectivity index (χ2n) is 3.44. The van der Waals surface area contributed by atoms with Crippen LogP contribution in [0.5, 0.6) is 0 Å². The predicted octanol–water partition coefficient (Wildman–Crippen LogP) is 1.65. The minimum Gasteiger partial charge on any atom is -0.390 e. The third-order valence-electron chi connectivity index (χ3n) is 2.39. The first-order valence-corrected chi connectivity index (χ1v) is 5.06. The highest BCUT2D eigenvalue weighted by Crippen LogP contribution is 2.19. The first kappa shape index (κ1) is 10.9. The van der Waals surface area contributed by atoms with E-state index in [9.17, 15) is 5.11 Å². The zero-order valence-corrected chi connectivity index (χ0v) is 9.13. The molecule has 0 saturated heterocycles. The molecule has 0 bridgehead atoms. The number of aromatic nitrogens is 2. The number of imidazole rings is 1. The first-order valence-electron chi connectivity index (χ1n) is 5.06. The lowest BCUT2D eigenvalue weighted by Crippen LogP contribution is -2.06. The Kier molecular flexibility index (Phi) is 3.34. The van der Waals surface area contributed by atoms with Crippen molar-refractivity contribution in [3.8, 4) is 11.4 Å². The van der Waals surface area contributed by atoms with E-state index in [0.29, 0.717) is 6.73 Å². The minimum atomic E-state index is -0.0385. The van der Waals surface area contributed by atoms with Crippen LogP contribution in [0.25, 0.3) is 11.4 Å². The molecule has 0 saturated carbocycles. The van der Waals surface area contributed by atoms with Crippen LogP contribution in [-0.2, 0) is 18.1 Å². The molecule has 16 heavy (non-hydrogen) atoms. The van der Waals surface area contributed by atoms with Gasteiger partial charge in [0, 0.05) is 12.7 Å². The van der Waals surface area contributed by atoms with Crippen LogP contribution in [0.15, 0.2) is 36.5 Å². The number of rotatable bonds is 4. The van der Waals surface area contributed by atoms with Crippen molar-refractivity contribution < 1.29 is 9.84 Å². The maximum atomic E-state index is 9.19. The van der Waals surface area contributed by atoms with Gasteiger partial charge in [-0.25, -0.2) is 4.98 Å². The van der Waals surface area contributed by atoms with E-state index < -0.39 is 0 Å². The van der Waals surface area contributed by atoms with Gasteiger partial charge in [-0.2, -0.15) is 0 Å². The van der Waals surface area contributed by atoms with Gasteiger partial charge in [0.15, 0.2) is 0 Å². The number of ether oxygens (including phenoxy) is 1. The molecule has 0 aliphatic heterocycles. The van der Waals surface area contributed by atoms with Crippen LogP contribution in [0.4, 0.5) is 0 Å². The summed E-state index contributed by atoms with van der Waals surface area (Å²) in [5, 5.41) is 9.19. The van der Waals surface area contributed by atoms with E-state index in [2.05, 4.69) is 4.98 Å². The van der Waals surface area contributed by atoms with Gasteiger partial charge in [0.1, 0.15) is 12.6 Å². The molecule has 1 aromatic carbocycles. The Hall–Kier alpha value is -1.65. The van der Waals surface area contributed by atoms with Gasteiger partial charge >= 0.3 is 0 Å². The fraction of sp³-hybridized carbons (Fsp3) is 0.250. The minimum absolute atomic E-state index is 0.0385. The van der Waals surface area contributed by atoms with Crippen molar-refractivity contribution in [2.24, 2.45) is 0 Å². The molecule has 2 aromatic rings. The number of nitrogens with zero attached hydrogens (tertiary/aromatic N) is 2. The molecule has 0 amide bonds. The van der Waals surface area contributed by atoms with Crippen molar-refractivity contribution in [3.05, 3.63) is 42.2 Å². The average Bonchev–Trinajstić information content (AvgIpc) is 2.74. The molecule has 2 rings (SSSR count). The lowest BCUT2D eigenvalue weighted by atomic mass is 10.2. The summed E-state index contributed by atoms with van der Waals surface area (Å²) in [6.07, 6.45) is 1.67. The Labute approximate surface area is 94.1 Å². The maximum Gasteiger partial charge on any atom is 0.142 e. The lowest BCUT2D eigenvalue weighted by molar-refractivity contribution is 0.125. The van der Waals surface area contributed by atoms with E-state index in [0.717, 1.165) is 17.1 Å². The van der Waals surface area contributed by atoms with Gasteiger partial charge in [-0.15, -0.1) is 0 Å². The number of aliphatic hydroxyl groups is 1. The highest BCUT2D eigenvalue weighted by Gasteiger charge is 2.10. The normalized spacial score (nSPS) is 10.6. The van der Waals surface area contributed by atoms with E-state index in [-0.39, 0.29) is 6.61 Å². The van der Waals surface area contributed by atoms with Crippen LogP contribution in [0.1, 0.15) is 5.69 Å². The van der Waals surface area contributed by atoms with Crippen LogP contribution in [0.3, 0.4) is 0 Å². The van der Waals surface area contributed by atoms with Gasteiger partial charge in [0.25, 0.3) is 0 Å². The summed E-state index contributed by atoms with van der Waals surface area (Å²) in [7, 11) is 1.62. The molecule has 84 valence electrons. The van der Waals surface area contributed by atoms with Crippen molar-refractivity contribution in [1.29, 1.82) is 0 Å². The van der Waals surface area contributed by atoms with Crippen molar-refractivity contribution >= 4 is 0 Å². The molecule has 4 nitrogen and oxygen atoms in total. The second-order valence-corrected chi connectivity index (χ2v) is 3.44. The monoisotopic (exact) mass is 218 g/mol. The molecule has 0 aliphatic rings. The highest BCUT2D eigenvalue weighted by molar-refractivity contribution is 5.55. The van der Waals surface area contributed by atoms with Crippen molar-refractivity contribution in [2.75, 3.05) is 7.11 Å². The van der Waals surface area contributed by atoms with Crippen molar-refractivity contribution in [3.63, 3.8) is 0 Å². The quantitative estimate of drug-likeness (QED) is 0.848. The second kappa shape index (κ2) is 4.92. The Bertz CT molecular complexity index is 451. The van der Waals surface area contributed by atoms with Crippen molar-refractivity contribution in [2.45, 2.75) is 13.3 Å². The molecule has 4 heteroatoms. The van der Waals surface area contributed by atoms with Gasteiger partial charge in [-0.05, 0) is 0 Å². The summed E-state index contributed by atoms with van der Waals surface area (Å²) in [4.78, 5) is 4.30. The Morgan fingerprint density at radius 3 is 2.69 bits per heavy atom. The van der Waals surface area contributed by atoms with Gasteiger partial charge in [0.05, 0.1) is 18.5 Å². The van der Waals surface area contributed by atoms with Crippen LogP contribution < -0.4 is 0 Å². The maximum absolute atomic E-state index is 9.19. The molecule has 1 N–H and O–H groups in total. The standard InChI is InChI=1S/C12H14N2O2/c1-16-9-14-11(8-15)7-13-12(14)10-5-3-2-4-6-10/h2-7,15H,8-9H2,1H3. The summed E-state index contributed by atoms with van der Waals surface area (Å²) in [5.41, 5.74) is 1.76. The number of benzene rings is 1. The van der Waals surface area contributed by atoms with Gasteiger partial charge in [-0.3, -0.25) is 0 Å². The van der Waals surface area contributed by atoms with E-state index in [1.165, 1.54) is 0 Å². The molecule has 0 aliphatic carbocycles. The summed E-state index contributed by atoms with van der Waals surface area (Å²) >= 11 is 0. The molecule has 0 radical (unpaired) electrons. The Morgan fingerprint density at radius 2 is 2.06 bits per heavy atom. The zero-order chi connectivity index (χ0) is 11.4. The molecular weight excluding hydrogens is 204 g/mol. The molecule has 0 atom stereocenters. The van der Waals surface area contributed by atoms with E-state index in [1.807, 2.05) is 34.9 Å². The number of hydrogen-bond donors (Lipinski definition) is 1.